The fourth-order valence-electron chi connectivity index (χ4n) is 3.54. The molecule has 0 amide bonds. The van der Waals surface area contributed by atoms with Gasteiger partial charge in [0.15, 0.2) is 10.0 Å². The maximum atomic E-state index is 12.3. The molecular weight excluding hydrogens is 396 g/mol. The van der Waals surface area contributed by atoms with Gasteiger partial charge in [-0.15, -0.1) is 11.3 Å². The Kier molecular flexibility index (Phi) is 4.49. The van der Waals surface area contributed by atoms with E-state index in [1.54, 1.807) is 19.1 Å². The van der Waals surface area contributed by atoms with Crippen molar-refractivity contribution in [3.05, 3.63) is 63.8 Å². The topological polar surface area (TPSA) is 114 Å². The molecule has 4 rings (SSSR count). The largest absolute Gasteiger partial charge is 0.507 e. The number of hydrogen-bond acceptors (Lipinski definition) is 5. The smallest absolute Gasteiger partial charge is 0.266 e. The minimum absolute atomic E-state index is 0.109. The zero-order valence-electron chi connectivity index (χ0n) is 14.9. The molecule has 2 atom stereocenters. The molecule has 0 bridgehead atoms. The highest BCUT2D eigenvalue weighted by atomic mass is 32.2. The molecule has 0 aliphatic rings. The van der Waals surface area contributed by atoms with E-state index in [9.17, 15) is 18.7 Å². The van der Waals surface area contributed by atoms with E-state index in [1.165, 1.54) is 11.3 Å². The first-order valence-electron chi connectivity index (χ1n) is 8.59. The van der Waals surface area contributed by atoms with Crippen molar-refractivity contribution in [2.45, 2.75) is 12.8 Å². The molecule has 144 valence electrons. The van der Waals surface area contributed by atoms with Gasteiger partial charge in [0.1, 0.15) is 10.4 Å². The summed E-state index contributed by atoms with van der Waals surface area (Å²) < 4.78 is 28.4. The lowest BCUT2D eigenvalue weighted by Crippen LogP contribution is -2.09. The van der Waals surface area contributed by atoms with Crippen molar-refractivity contribution in [1.29, 1.82) is 4.78 Å². The first kappa shape index (κ1) is 18.7. The maximum Gasteiger partial charge on any atom is 0.266 e. The molecule has 0 radical (unpaired) electrons. The SMILES string of the molecule is C[C@H](CS(=N)(=O)O)c1ccc(-c2c(O)ccc3[nH]c(=O)c4sccc4c23)cc1. The predicted octanol–water partition coefficient (Wildman–Crippen LogP) is 4.74. The minimum atomic E-state index is -3.56. The number of nitrogens with one attached hydrogen (secondary N) is 2. The molecule has 0 spiro atoms. The highest BCUT2D eigenvalue weighted by molar-refractivity contribution is 7.86. The first-order valence-corrected chi connectivity index (χ1v) is 11.2. The molecule has 2 aromatic heterocycles. The second-order valence-corrected chi connectivity index (χ2v) is 9.36. The van der Waals surface area contributed by atoms with Gasteiger partial charge in [0.05, 0.1) is 5.75 Å². The highest BCUT2D eigenvalue weighted by Crippen LogP contribution is 2.39. The Hall–Kier alpha value is -2.68. The molecule has 0 aliphatic carbocycles. The normalized spacial score (nSPS) is 14.9. The van der Waals surface area contributed by atoms with Crippen LogP contribution in [0.15, 0.2) is 52.6 Å². The van der Waals surface area contributed by atoms with Crippen LogP contribution in [0.25, 0.3) is 32.1 Å². The number of aromatic hydroxyl groups is 1. The van der Waals surface area contributed by atoms with E-state index in [4.69, 9.17) is 4.78 Å². The van der Waals surface area contributed by atoms with Gasteiger partial charge >= 0.3 is 0 Å². The van der Waals surface area contributed by atoms with Crippen molar-refractivity contribution in [2.24, 2.45) is 0 Å². The summed E-state index contributed by atoms with van der Waals surface area (Å²) in [4.78, 5) is 15.1. The third-order valence-electron chi connectivity index (χ3n) is 4.82. The van der Waals surface area contributed by atoms with Gasteiger partial charge < -0.3 is 14.6 Å². The summed E-state index contributed by atoms with van der Waals surface area (Å²) in [5.74, 6) is -0.273. The molecule has 1 unspecified atom stereocenters. The van der Waals surface area contributed by atoms with Gasteiger partial charge in [-0.1, -0.05) is 31.2 Å². The molecule has 2 aromatic carbocycles. The van der Waals surface area contributed by atoms with Gasteiger partial charge in [0.25, 0.3) is 5.56 Å². The average Bonchev–Trinajstić information content (AvgIpc) is 3.11. The maximum absolute atomic E-state index is 12.3. The number of thiophene rings is 1. The van der Waals surface area contributed by atoms with Crippen LogP contribution >= 0.6 is 11.3 Å². The third-order valence-corrected chi connectivity index (χ3v) is 6.68. The Balaban J connectivity index is 1.89. The zero-order chi connectivity index (χ0) is 20.1. The highest BCUT2D eigenvalue weighted by Gasteiger charge is 2.16. The van der Waals surface area contributed by atoms with Gasteiger partial charge in [0, 0.05) is 21.9 Å². The quantitative estimate of drug-likeness (QED) is 0.386. The molecule has 0 fully saturated rings. The van der Waals surface area contributed by atoms with Crippen LogP contribution < -0.4 is 5.56 Å². The van der Waals surface area contributed by atoms with Crippen molar-refractivity contribution in [1.82, 2.24) is 4.98 Å². The number of H-pyrrole nitrogens is 1. The van der Waals surface area contributed by atoms with Gasteiger partial charge in [0.2, 0.25) is 0 Å². The lowest BCUT2D eigenvalue weighted by atomic mass is 9.94. The lowest BCUT2D eigenvalue weighted by Gasteiger charge is -2.14. The lowest BCUT2D eigenvalue weighted by molar-refractivity contribution is 0.478. The van der Waals surface area contributed by atoms with Crippen molar-refractivity contribution in [2.75, 3.05) is 5.75 Å². The van der Waals surface area contributed by atoms with Gasteiger partial charge in [-0.05, 0) is 40.6 Å². The summed E-state index contributed by atoms with van der Waals surface area (Å²) in [5.41, 5.74) is 2.74. The number of hydrogen-bond donors (Lipinski definition) is 4. The van der Waals surface area contributed by atoms with Gasteiger partial charge in [-0.3, -0.25) is 4.79 Å². The molecule has 2 heterocycles. The molecule has 6 nitrogen and oxygen atoms in total. The number of pyridine rings is 1. The minimum Gasteiger partial charge on any atom is -0.507 e. The Morgan fingerprint density at radius 2 is 1.89 bits per heavy atom. The second-order valence-electron chi connectivity index (χ2n) is 6.83. The summed E-state index contributed by atoms with van der Waals surface area (Å²) in [5, 5.41) is 14.0. The van der Waals surface area contributed by atoms with Crippen LogP contribution in [-0.4, -0.2) is 24.6 Å². The Morgan fingerprint density at radius 3 is 2.57 bits per heavy atom. The van der Waals surface area contributed by atoms with Gasteiger partial charge in [-0.25, -0.2) is 8.99 Å². The molecular formula is C20H18N2O4S2. The van der Waals surface area contributed by atoms with E-state index in [0.717, 1.165) is 21.9 Å². The zero-order valence-corrected chi connectivity index (χ0v) is 16.6. The fourth-order valence-corrected chi connectivity index (χ4v) is 5.21. The van der Waals surface area contributed by atoms with E-state index < -0.39 is 10.0 Å². The molecule has 4 N–H and O–H groups in total. The van der Waals surface area contributed by atoms with Crippen molar-refractivity contribution < 1.29 is 13.9 Å². The molecule has 0 saturated heterocycles. The van der Waals surface area contributed by atoms with E-state index >= 15 is 0 Å². The number of rotatable bonds is 4. The van der Waals surface area contributed by atoms with Crippen LogP contribution in [0.3, 0.4) is 0 Å². The van der Waals surface area contributed by atoms with Crippen LogP contribution in [0.2, 0.25) is 0 Å². The second kappa shape index (κ2) is 6.73. The average molecular weight is 415 g/mol. The van der Waals surface area contributed by atoms with E-state index in [1.807, 2.05) is 35.7 Å². The monoisotopic (exact) mass is 414 g/mol. The number of aromatic nitrogens is 1. The molecule has 0 aliphatic heterocycles. The molecule has 28 heavy (non-hydrogen) atoms. The van der Waals surface area contributed by atoms with E-state index in [2.05, 4.69) is 4.98 Å². The van der Waals surface area contributed by atoms with Crippen molar-refractivity contribution in [3.8, 4) is 16.9 Å². The van der Waals surface area contributed by atoms with Crippen LogP contribution in [-0.2, 0) is 10.0 Å². The summed E-state index contributed by atoms with van der Waals surface area (Å²) in [6, 6.07) is 12.5. The summed E-state index contributed by atoms with van der Waals surface area (Å²) in [6.45, 7) is 1.80. The Morgan fingerprint density at radius 1 is 1.18 bits per heavy atom. The van der Waals surface area contributed by atoms with Crippen LogP contribution in [0.5, 0.6) is 5.75 Å². The van der Waals surface area contributed by atoms with Crippen molar-refractivity contribution in [3.63, 3.8) is 0 Å². The Labute approximate surface area is 165 Å². The number of phenolic OH excluding ortho intramolecular Hbond substituents is 1. The van der Waals surface area contributed by atoms with Crippen molar-refractivity contribution >= 4 is 42.3 Å². The molecule has 4 aromatic rings. The van der Waals surface area contributed by atoms with Crippen LogP contribution in [0.4, 0.5) is 0 Å². The van der Waals surface area contributed by atoms with Crippen LogP contribution in [0, 0.1) is 4.78 Å². The summed E-state index contributed by atoms with van der Waals surface area (Å²) in [7, 11) is -3.56. The molecule has 8 heteroatoms. The predicted molar refractivity (Wildman–Crippen MR) is 114 cm³/mol. The standard InChI is InChI=1S/C20H18N2O4S2/c1-11(10-28(21,25)26)12-2-4-13(5-3-12)17-16(23)7-6-15-18(17)14-8-9-27-19(14)20(24)22-15/h2-9,11,23H,10H2,1H3,(H,22,24)(H2,21,25,26)/t11-/m1/s1. The van der Waals surface area contributed by atoms with Gasteiger partial charge in [-0.2, -0.15) is 0 Å². The fraction of sp³-hybridized carbons (Fsp3) is 0.150. The number of benzene rings is 2. The number of fused-ring (bicyclic) bond motifs is 3. The number of phenols is 1. The summed E-state index contributed by atoms with van der Waals surface area (Å²) >= 11 is 1.36. The Bertz CT molecular complexity index is 1350. The van der Waals surface area contributed by atoms with E-state index in [0.29, 0.717) is 15.8 Å². The first-order chi connectivity index (χ1) is 13.2. The van der Waals surface area contributed by atoms with E-state index in [-0.39, 0.29) is 23.0 Å². The molecule has 0 saturated carbocycles. The third kappa shape index (κ3) is 3.30. The summed E-state index contributed by atoms with van der Waals surface area (Å²) in [6.07, 6.45) is 0. The van der Waals surface area contributed by atoms with Crippen LogP contribution in [0.1, 0.15) is 18.4 Å². The number of aromatic amines is 1.